The highest BCUT2D eigenvalue weighted by molar-refractivity contribution is 6.36. The number of aliphatic carboxylic acids is 1. The molecule has 0 radical (unpaired) electrons. The number of methoxy groups -OCH3 is 3. The van der Waals surface area contributed by atoms with Crippen LogP contribution in [0.15, 0.2) is 52.9 Å². The van der Waals surface area contributed by atoms with Crippen molar-refractivity contribution in [3.63, 3.8) is 0 Å². The Kier molecular flexibility index (Phi) is 7.40. The van der Waals surface area contributed by atoms with E-state index in [9.17, 15) is 19.2 Å². The highest BCUT2D eigenvalue weighted by atomic mass is 35.5. The van der Waals surface area contributed by atoms with Crippen LogP contribution >= 0.6 is 11.6 Å². The van der Waals surface area contributed by atoms with Crippen LogP contribution in [0.3, 0.4) is 0 Å². The van der Waals surface area contributed by atoms with Gasteiger partial charge in [-0.05, 0) is 31.0 Å². The maximum Gasteiger partial charge on any atom is 0.341 e. The molecule has 1 aliphatic carbocycles. The zero-order valence-corrected chi connectivity index (χ0v) is 24.2. The Labute approximate surface area is 246 Å². The van der Waals surface area contributed by atoms with E-state index < -0.39 is 47.5 Å². The smallest absolute Gasteiger partial charge is 0.341 e. The number of fused-ring (bicyclic) bond motifs is 1. The van der Waals surface area contributed by atoms with Gasteiger partial charge in [0.25, 0.3) is 0 Å². The Morgan fingerprint density at radius 2 is 1.76 bits per heavy atom. The molecule has 2 heterocycles. The number of rotatable bonds is 7. The topological polar surface area (TPSA) is 147 Å². The fourth-order valence-corrected chi connectivity index (χ4v) is 6.15. The summed E-state index contributed by atoms with van der Waals surface area (Å²) in [5.74, 6) is -3.99. The molecular weight excluding hydrogens is 570 g/mol. The number of Topliss-reactive ketones (excluding diaryl/α,β-unsaturated/α-hetero) is 2. The van der Waals surface area contributed by atoms with Crippen LogP contribution in [0, 0.1) is 5.92 Å². The quantitative estimate of drug-likeness (QED) is 0.354. The van der Waals surface area contributed by atoms with Gasteiger partial charge in [-0.1, -0.05) is 30.7 Å². The van der Waals surface area contributed by atoms with Gasteiger partial charge in [0.15, 0.2) is 12.4 Å². The van der Waals surface area contributed by atoms with Gasteiger partial charge in [0, 0.05) is 34.9 Å². The molecule has 2 aromatic rings. The van der Waals surface area contributed by atoms with Crippen molar-refractivity contribution in [1.29, 1.82) is 0 Å². The van der Waals surface area contributed by atoms with E-state index in [4.69, 9.17) is 40.4 Å². The van der Waals surface area contributed by atoms with Crippen molar-refractivity contribution in [1.82, 2.24) is 5.32 Å². The second kappa shape index (κ2) is 10.7. The molecule has 5 rings (SSSR count). The van der Waals surface area contributed by atoms with E-state index >= 15 is 0 Å². The number of hydrogen-bond donors (Lipinski definition) is 2. The lowest BCUT2D eigenvalue weighted by molar-refractivity contribution is -0.139. The van der Waals surface area contributed by atoms with Gasteiger partial charge in [0.2, 0.25) is 17.2 Å². The highest BCUT2D eigenvalue weighted by Gasteiger charge is 2.63. The summed E-state index contributed by atoms with van der Waals surface area (Å²) in [6, 6.07) is 7.80. The standard InChI is InChI=1S/C30H28ClNO10/c1-13-10-17-23(27(35)30(13)28(36)24-18(38-3)11-19(39-4)25(31)26(24)42-30)22(21(14(2)32-17)29(37)40-5)15-6-8-16(9-7-15)41-12-20(33)34/h6-9,11,13,22,32H,10,12H2,1-5H3,(H,33,34)/t13-,22-,30+/m1/s1. The Morgan fingerprint density at radius 3 is 2.36 bits per heavy atom. The number of carbonyl (C=O) groups excluding carboxylic acids is 3. The van der Waals surface area contributed by atoms with Gasteiger partial charge in [-0.15, -0.1) is 0 Å². The lowest BCUT2D eigenvalue weighted by atomic mass is 9.65. The monoisotopic (exact) mass is 597 g/mol. The van der Waals surface area contributed by atoms with E-state index in [1.807, 2.05) is 0 Å². The number of carbonyl (C=O) groups is 4. The Morgan fingerprint density at radius 1 is 1.10 bits per heavy atom. The maximum atomic E-state index is 14.7. The number of nitrogens with one attached hydrogen (secondary N) is 1. The molecule has 0 saturated carbocycles. The van der Waals surface area contributed by atoms with E-state index in [1.54, 1.807) is 38.1 Å². The number of carboxylic acid groups (broad SMARTS) is 1. The van der Waals surface area contributed by atoms with Crippen LogP contribution in [0.25, 0.3) is 0 Å². The van der Waals surface area contributed by atoms with Crippen LogP contribution < -0.4 is 24.3 Å². The molecule has 11 nitrogen and oxygen atoms in total. The Hall–Kier alpha value is -4.51. The molecule has 12 heteroatoms. The molecular formula is C30H28ClNO10. The first-order chi connectivity index (χ1) is 20.0. The zero-order chi connectivity index (χ0) is 30.5. The fourth-order valence-electron chi connectivity index (χ4n) is 5.89. The van der Waals surface area contributed by atoms with Crippen LogP contribution in [-0.4, -0.2) is 62.1 Å². The summed E-state index contributed by atoms with van der Waals surface area (Å²) in [4.78, 5) is 53.0. The molecule has 2 N–H and O–H groups in total. The second-order valence-electron chi connectivity index (χ2n) is 10.1. The normalized spacial score (nSPS) is 22.7. The van der Waals surface area contributed by atoms with E-state index in [0.717, 1.165) is 0 Å². The number of ether oxygens (including phenoxy) is 5. The molecule has 0 saturated heterocycles. The van der Waals surface area contributed by atoms with E-state index in [-0.39, 0.29) is 51.2 Å². The summed E-state index contributed by atoms with van der Waals surface area (Å²) in [6.45, 7) is 2.91. The number of ketones is 2. The third-order valence-electron chi connectivity index (χ3n) is 7.83. The minimum absolute atomic E-state index is 0.0118. The van der Waals surface area contributed by atoms with Crippen molar-refractivity contribution in [2.24, 2.45) is 5.92 Å². The van der Waals surface area contributed by atoms with Gasteiger partial charge in [-0.3, -0.25) is 9.59 Å². The van der Waals surface area contributed by atoms with Crippen molar-refractivity contribution in [2.75, 3.05) is 27.9 Å². The molecule has 42 heavy (non-hydrogen) atoms. The van der Waals surface area contributed by atoms with E-state index in [1.165, 1.54) is 27.4 Å². The number of dihydropyridines is 1. The van der Waals surface area contributed by atoms with Crippen LogP contribution in [0.4, 0.5) is 0 Å². The van der Waals surface area contributed by atoms with Crippen LogP contribution in [0.2, 0.25) is 5.02 Å². The fraction of sp³-hybridized carbons (Fsp3) is 0.333. The van der Waals surface area contributed by atoms with Crippen molar-refractivity contribution >= 4 is 35.1 Å². The molecule has 0 unspecified atom stereocenters. The van der Waals surface area contributed by atoms with Crippen LogP contribution in [0.5, 0.6) is 23.0 Å². The molecule has 2 aliphatic heterocycles. The first-order valence-electron chi connectivity index (χ1n) is 13.0. The third-order valence-corrected chi connectivity index (χ3v) is 8.19. The first-order valence-corrected chi connectivity index (χ1v) is 13.3. The predicted molar refractivity (Wildman–Crippen MR) is 148 cm³/mol. The average Bonchev–Trinajstić information content (AvgIpc) is 3.29. The van der Waals surface area contributed by atoms with Crippen molar-refractivity contribution in [3.05, 3.63) is 69.0 Å². The molecule has 0 fully saturated rings. The van der Waals surface area contributed by atoms with Gasteiger partial charge >= 0.3 is 11.9 Å². The molecule has 0 bridgehead atoms. The number of esters is 1. The van der Waals surface area contributed by atoms with Gasteiger partial charge in [0.05, 0.1) is 26.9 Å². The highest BCUT2D eigenvalue weighted by Crippen LogP contribution is 2.56. The summed E-state index contributed by atoms with van der Waals surface area (Å²) >= 11 is 6.56. The second-order valence-corrected chi connectivity index (χ2v) is 10.5. The van der Waals surface area contributed by atoms with Crippen LogP contribution in [-0.2, 0) is 19.1 Å². The van der Waals surface area contributed by atoms with Crippen molar-refractivity contribution < 1.29 is 48.0 Å². The largest absolute Gasteiger partial charge is 0.496 e. The van der Waals surface area contributed by atoms with E-state index in [0.29, 0.717) is 17.0 Å². The summed E-state index contributed by atoms with van der Waals surface area (Å²) in [7, 11) is 4.03. The summed E-state index contributed by atoms with van der Waals surface area (Å²) in [5.41, 5.74) is -0.0548. The Bertz CT molecular complexity index is 1590. The van der Waals surface area contributed by atoms with Gasteiger partial charge in [-0.2, -0.15) is 0 Å². The first kappa shape index (κ1) is 29.0. The minimum Gasteiger partial charge on any atom is -0.496 e. The lowest BCUT2D eigenvalue weighted by Crippen LogP contribution is -2.58. The average molecular weight is 598 g/mol. The number of benzene rings is 2. The predicted octanol–water partition coefficient (Wildman–Crippen LogP) is 3.83. The molecule has 220 valence electrons. The SMILES string of the molecule is COC(=O)C1=C(C)NC2=C(C(=O)[C@@]3(Oc4c(Cl)c(OC)cc(OC)c4C3=O)[C@H](C)C2)[C@@H]1c1ccc(OCC(=O)O)cc1. The number of hydrogen-bond acceptors (Lipinski definition) is 10. The zero-order valence-electron chi connectivity index (χ0n) is 23.5. The number of allylic oxidation sites excluding steroid dienone is 2. The van der Waals surface area contributed by atoms with Crippen molar-refractivity contribution in [3.8, 4) is 23.0 Å². The summed E-state index contributed by atoms with van der Waals surface area (Å²) in [6.07, 6.45) is 0.236. The molecule has 2 aromatic carbocycles. The number of carboxylic acids is 1. The Balaban J connectivity index is 1.65. The van der Waals surface area contributed by atoms with Crippen LogP contribution in [0.1, 0.15) is 42.1 Å². The molecule has 1 spiro atoms. The summed E-state index contributed by atoms with van der Waals surface area (Å²) in [5, 5.41) is 12.2. The minimum atomic E-state index is -1.98. The van der Waals surface area contributed by atoms with Crippen molar-refractivity contribution in [2.45, 2.75) is 31.8 Å². The van der Waals surface area contributed by atoms with Gasteiger partial charge < -0.3 is 34.1 Å². The van der Waals surface area contributed by atoms with E-state index in [2.05, 4.69) is 5.32 Å². The number of halogens is 1. The molecule has 0 amide bonds. The third kappa shape index (κ3) is 4.27. The summed E-state index contributed by atoms with van der Waals surface area (Å²) < 4.78 is 27.4. The van der Waals surface area contributed by atoms with Gasteiger partial charge in [0.1, 0.15) is 27.8 Å². The maximum absolute atomic E-state index is 14.7. The molecule has 3 atom stereocenters. The lowest BCUT2D eigenvalue weighted by Gasteiger charge is -2.42. The van der Waals surface area contributed by atoms with Gasteiger partial charge in [-0.25, -0.2) is 9.59 Å². The molecule has 3 aliphatic rings. The molecule has 0 aromatic heterocycles.